The van der Waals surface area contributed by atoms with Gasteiger partial charge in [0.15, 0.2) is 0 Å². The van der Waals surface area contributed by atoms with Crippen molar-refractivity contribution < 1.29 is 9.90 Å². The largest absolute Gasteiger partial charge is 0.481 e. The number of halogens is 1. The lowest BCUT2D eigenvalue weighted by Crippen LogP contribution is -2.01. The average Bonchev–Trinajstić information content (AvgIpc) is 2.10. The van der Waals surface area contributed by atoms with Crippen LogP contribution in [0.2, 0.25) is 0 Å². The standard InChI is InChI=1S/C6H7BrN2O2/c1-9-5(7)2-4(8-9)3-6(10)11/h2H,3H2,1H3,(H,10,11). The number of hydrogen-bond donors (Lipinski definition) is 1. The second-order valence-electron chi connectivity index (χ2n) is 2.15. The molecule has 0 aliphatic carbocycles. The highest BCUT2D eigenvalue weighted by Crippen LogP contribution is 2.10. The van der Waals surface area contributed by atoms with E-state index in [0.29, 0.717) is 5.69 Å². The van der Waals surface area contributed by atoms with Crippen molar-refractivity contribution in [2.75, 3.05) is 0 Å². The molecule has 0 amide bonds. The summed E-state index contributed by atoms with van der Waals surface area (Å²) in [5.41, 5.74) is 0.562. The van der Waals surface area contributed by atoms with E-state index < -0.39 is 5.97 Å². The Kier molecular flexibility index (Phi) is 2.28. The molecule has 0 fully saturated rings. The van der Waals surface area contributed by atoms with E-state index in [1.165, 1.54) is 0 Å². The molecule has 0 aliphatic heterocycles. The molecular weight excluding hydrogens is 212 g/mol. The van der Waals surface area contributed by atoms with Crippen molar-refractivity contribution in [2.24, 2.45) is 7.05 Å². The lowest BCUT2D eigenvalue weighted by molar-refractivity contribution is -0.136. The third-order valence-electron chi connectivity index (χ3n) is 1.21. The summed E-state index contributed by atoms with van der Waals surface area (Å²) in [4.78, 5) is 10.2. The van der Waals surface area contributed by atoms with E-state index in [-0.39, 0.29) is 6.42 Å². The van der Waals surface area contributed by atoms with Crippen LogP contribution in [0.1, 0.15) is 5.69 Å². The van der Waals surface area contributed by atoms with Crippen LogP contribution in [0.3, 0.4) is 0 Å². The predicted molar refractivity (Wildman–Crippen MR) is 42.2 cm³/mol. The second kappa shape index (κ2) is 3.04. The van der Waals surface area contributed by atoms with Crippen LogP contribution in [0.15, 0.2) is 10.7 Å². The summed E-state index contributed by atoms with van der Waals surface area (Å²) in [6, 6.07) is 1.69. The number of carboxylic acid groups (broad SMARTS) is 1. The molecule has 1 heterocycles. The Morgan fingerprint density at radius 1 is 1.91 bits per heavy atom. The molecule has 5 heteroatoms. The number of aryl methyl sites for hydroxylation is 1. The van der Waals surface area contributed by atoms with Gasteiger partial charge in [-0.3, -0.25) is 9.48 Å². The molecule has 0 saturated heterocycles. The first-order chi connectivity index (χ1) is 5.09. The number of hydrogen-bond acceptors (Lipinski definition) is 2. The zero-order valence-electron chi connectivity index (χ0n) is 5.91. The third kappa shape index (κ3) is 2.04. The van der Waals surface area contributed by atoms with E-state index in [4.69, 9.17) is 5.11 Å². The van der Waals surface area contributed by atoms with Crippen molar-refractivity contribution >= 4 is 21.9 Å². The van der Waals surface area contributed by atoms with Crippen LogP contribution < -0.4 is 0 Å². The summed E-state index contributed by atoms with van der Waals surface area (Å²) in [5.74, 6) is -0.865. The number of aromatic nitrogens is 2. The van der Waals surface area contributed by atoms with Crippen molar-refractivity contribution in [3.63, 3.8) is 0 Å². The minimum atomic E-state index is -0.865. The Morgan fingerprint density at radius 3 is 2.91 bits per heavy atom. The molecule has 0 aliphatic rings. The van der Waals surface area contributed by atoms with E-state index in [0.717, 1.165) is 4.60 Å². The first-order valence-corrected chi connectivity index (χ1v) is 3.79. The Morgan fingerprint density at radius 2 is 2.55 bits per heavy atom. The molecule has 0 atom stereocenters. The van der Waals surface area contributed by atoms with Gasteiger partial charge in [0.05, 0.1) is 12.1 Å². The Hall–Kier alpha value is -0.840. The van der Waals surface area contributed by atoms with Crippen molar-refractivity contribution in [1.29, 1.82) is 0 Å². The van der Waals surface area contributed by atoms with Crippen LogP contribution in [-0.2, 0) is 18.3 Å². The predicted octanol–water partition coefficient (Wildman–Crippen LogP) is 0.810. The highest BCUT2D eigenvalue weighted by atomic mass is 79.9. The van der Waals surface area contributed by atoms with Gasteiger partial charge in [-0.2, -0.15) is 5.10 Å². The van der Waals surface area contributed by atoms with E-state index in [1.807, 2.05) is 0 Å². The number of carbonyl (C=O) groups is 1. The minimum Gasteiger partial charge on any atom is -0.481 e. The molecule has 0 radical (unpaired) electrons. The van der Waals surface area contributed by atoms with E-state index in [9.17, 15) is 4.79 Å². The summed E-state index contributed by atoms with van der Waals surface area (Å²) in [6.45, 7) is 0. The summed E-state index contributed by atoms with van der Waals surface area (Å²) in [7, 11) is 1.75. The molecule has 0 bridgehead atoms. The van der Waals surface area contributed by atoms with Gasteiger partial charge in [0, 0.05) is 7.05 Å². The maximum absolute atomic E-state index is 10.2. The Bertz CT molecular complexity index is 263. The molecule has 60 valence electrons. The van der Waals surface area contributed by atoms with Gasteiger partial charge in [0.25, 0.3) is 0 Å². The second-order valence-corrected chi connectivity index (χ2v) is 2.96. The molecular formula is C6H7BrN2O2. The van der Waals surface area contributed by atoms with Crippen LogP contribution in [-0.4, -0.2) is 20.9 Å². The fourth-order valence-corrected chi connectivity index (χ4v) is 1.09. The Balaban J connectivity index is 2.81. The number of aliphatic carboxylic acids is 1. The molecule has 1 aromatic rings. The highest BCUT2D eigenvalue weighted by molar-refractivity contribution is 9.10. The first kappa shape index (κ1) is 8.26. The van der Waals surface area contributed by atoms with Gasteiger partial charge in [-0.25, -0.2) is 0 Å². The van der Waals surface area contributed by atoms with Gasteiger partial charge in [0.2, 0.25) is 0 Å². The first-order valence-electron chi connectivity index (χ1n) is 3.00. The summed E-state index contributed by atoms with van der Waals surface area (Å²) in [6.07, 6.45) is -0.0283. The normalized spacial score (nSPS) is 10.0. The molecule has 0 aromatic carbocycles. The smallest absolute Gasteiger partial charge is 0.309 e. The molecule has 0 unspecified atom stereocenters. The fraction of sp³-hybridized carbons (Fsp3) is 0.333. The molecule has 11 heavy (non-hydrogen) atoms. The molecule has 1 rings (SSSR count). The Labute approximate surface area is 72.0 Å². The highest BCUT2D eigenvalue weighted by Gasteiger charge is 2.05. The lowest BCUT2D eigenvalue weighted by Gasteiger charge is -1.88. The number of carboxylic acids is 1. The van der Waals surface area contributed by atoms with Crippen LogP contribution in [0.5, 0.6) is 0 Å². The number of nitrogens with zero attached hydrogens (tertiary/aromatic N) is 2. The topological polar surface area (TPSA) is 55.1 Å². The maximum atomic E-state index is 10.2. The number of rotatable bonds is 2. The molecule has 0 spiro atoms. The molecule has 1 aromatic heterocycles. The van der Waals surface area contributed by atoms with Crippen LogP contribution in [0.25, 0.3) is 0 Å². The third-order valence-corrected chi connectivity index (χ3v) is 1.95. The van der Waals surface area contributed by atoms with Crippen molar-refractivity contribution in [2.45, 2.75) is 6.42 Å². The van der Waals surface area contributed by atoms with E-state index >= 15 is 0 Å². The molecule has 1 N–H and O–H groups in total. The monoisotopic (exact) mass is 218 g/mol. The average molecular weight is 219 g/mol. The van der Waals surface area contributed by atoms with Gasteiger partial charge in [-0.1, -0.05) is 0 Å². The van der Waals surface area contributed by atoms with Crippen molar-refractivity contribution in [3.8, 4) is 0 Å². The minimum absolute atomic E-state index is 0.0283. The summed E-state index contributed by atoms with van der Waals surface area (Å²) < 4.78 is 2.37. The van der Waals surface area contributed by atoms with Gasteiger partial charge in [-0.05, 0) is 22.0 Å². The quantitative estimate of drug-likeness (QED) is 0.800. The lowest BCUT2D eigenvalue weighted by atomic mass is 10.3. The zero-order valence-corrected chi connectivity index (χ0v) is 7.50. The SMILES string of the molecule is Cn1nc(CC(=O)O)cc1Br. The maximum Gasteiger partial charge on any atom is 0.309 e. The van der Waals surface area contributed by atoms with Crippen LogP contribution >= 0.6 is 15.9 Å². The van der Waals surface area contributed by atoms with Gasteiger partial charge >= 0.3 is 5.97 Å². The van der Waals surface area contributed by atoms with E-state index in [2.05, 4.69) is 21.0 Å². The van der Waals surface area contributed by atoms with E-state index in [1.54, 1.807) is 17.8 Å². The van der Waals surface area contributed by atoms with Gasteiger partial charge in [-0.15, -0.1) is 0 Å². The van der Waals surface area contributed by atoms with Crippen molar-refractivity contribution in [1.82, 2.24) is 9.78 Å². The van der Waals surface area contributed by atoms with Crippen LogP contribution in [0, 0.1) is 0 Å². The molecule has 4 nitrogen and oxygen atoms in total. The summed E-state index contributed by atoms with van der Waals surface area (Å²) in [5, 5.41) is 12.3. The van der Waals surface area contributed by atoms with Gasteiger partial charge in [0.1, 0.15) is 4.60 Å². The molecule has 0 saturated carbocycles. The van der Waals surface area contributed by atoms with Gasteiger partial charge < -0.3 is 5.11 Å². The summed E-state index contributed by atoms with van der Waals surface area (Å²) >= 11 is 3.21. The zero-order chi connectivity index (χ0) is 8.43. The van der Waals surface area contributed by atoms with Crippen LogP contribution in [0.4, 0.5) is 0 Å². The van der Waals surface area contributed by atoms with Crippen molar-refractivity contribution in [3.05, 3.63) is 16.4 Å². The fourth-order valence-electron chi connectivity index (χ4n) is 0.742.